The Bertz CT molecular complexity index is 621. The Kier molecular flexibility index (Phi) is 4.73. The maximum Gasteiger partial charge on any atom is 0.313 e. The van der Waals surface area contributed by atoms with Crippen molar-refractivity contribution < 1.29 is 14.6 Å². The van der Waals surface area contributed by atoms with Crippen molar-refractivity contribution >= 4 is 44.6 Å². The fourth-order valence-corrected chi connectivity index (χ4v) is 2.66. The third-order valence-electron chi connectivity index (χ3n) is 2.28. The number of nitrogens with zero attached hydrogens (tertiary/aromatic N) is 2. The highest BCUT2D eigenvalue weighted by Crippen LogP contribution is 2.27. The Hall–Kier alpha value is -1.18. The van der Waals surface area contributed by atoms with E-state index in [0.717, 1.165) is 15.4 Å². The summed E-state index contributed by atoms with van der Waals surface area (Å²) in [6.07, 6.45) is 0. The van der Waals surface area contributed by atoms with Crippen LogP contribution in [0.2, 0.25) is 0 Å². The third-order valence-corrected chi connectivity index (χ3v) is 3.75. The van der Waals surface area contributed by atoms with E-state index in [9.17, 15) is 4.79 Å². The number of benzene rings is 1. The number of carboxylic acid groups (broad SMARTS) is 1. The van der Waals surface area contributed by atoms with E-state index >= 15 is 0 Å². The second-order valence-corrected chi connectivity index (χ2v) is 5.60. The molecule has 0 unspecified atom stereocenters. The summed E-state index contributed by atoms with van der Waals surface area (Å²) in [5.74, 6) is -0.364. The number of hydrogen-bond donors (Lipinski definition) is 1. The molecule has 100 valence electrons. The number of aromatic nitrogens is 2. The summed E-state index contributed by atoms with van der Waals surface area (Å²) >= 11 is 4.57. The SMILES string of the molecule is COCc1nc(SCC(=O)O)c2ccc(Br)cc2n1. The molecule has 0 spiro atoms. The number of rotatable bonds is 5. The lowest BCUT2D eigenvalue weighted by Gasteiger charge is -2.07. The largest absolute Gasteiger partial charge is 0.481 e. The number of thioether (sulfide) groups is 1. The van der Waals surface area contributed by atoms with Gasteiger partial charge in [0, 0.05) is 17.0 Å². The molecule has 1 heterocycles. The molecule has 0 radical (unpaired) electrons. The molecule has 1 aromatic heterocycles. The maximum absolute atomic E-state index is 10.7. The first kappa shape index (κ1) is 14.2. The second-order valence-electron chi connectivity index (χ2n) is 3.72. The fraction of sp³-hybridized carbons (Fsp3) is 0.250. The normalized spacial score (nSPS) is 10.8. The molecular formula is C12H11BrN2O3S. The Morgan fingerprint density at radius 3 is 2.95 bits per heavy atom. The first-order chi connectivity index (χ1) is 9.10. The van der Waals surface area contributed by atoms with Gasteiger partial charge in [0.1, 0.15) is 11.6 Å². The molecule has 2 aromatic rings. The Labute approximate surface area is 122 Å². The van der Waals surface area contributed by atoms with Gasteiger partial charge in [0.25, 0.3) is 0 Å². The summed E-state index contributed by atoms with van der Waals surface area (Å²) in [5, 5.41) is 10.3. The van der Waals surface area contributed by atoms with Crippen LogP contribution in [0.15, 0.2) is 27.7 Å². The van der Waals surface area contributed by atoms with Crippen molar-refractivity contribution in [3.05, 3.63) is 28.5 Å². The van der Waals surface area contributed by atoms with E-state index in [0.29, 0.717) is 17.5 Å². The minimum Gasteiger partial charge on any atom is -0.481 e. The van der Waals surface area contributed by atoms with Gasteiger partial charge in [-0.3, -0.25) is 4.79 Å². The predicted molar refractivity (Wildman–Crippen MR) is 76.3 cm³/mol. The zero-order valence-corrected chi connectivity index (χ0v) is 12.5. The van der Waals surface area contributed by atoms with Gasteiger partial charge in [-0.15, -0.1) is 0 Å². The maximum atomic E-state index is 10.7. The molecule has 2 rings (SSSR count). The molecule has 7 heteroatoms. The van der Waals surface area contributed by atoms with E-state index < -0.39 is 5.97 Å². The summed E-state index contributed by atoms with van der Waals surface area (Å²) < 4.78 is 5.94. The van der Waals surface area contributed by atoms with Crippen molar-refractivity contribution in [3.8, 4) is 0 Å². The minimum atomic E-state index is -0.873. The highest BCUT2D eigenvalue weighted by Gasteiger charge is 2.10. The Morgan fingerprint density at radius 2 is 2.26 bits per heavy atom. The van der Waals surface area contributed by atoms with Crippen LogP contribution in [0.4, 0.5) is 0 Å². The molecule has 5 nitrogen and oxygen atoms in total. The van der Waals surface area contributed by atoms with Gasteiger partial charge in [0.2, 0.25) is 0 Å². The van der Waals surface area contributed by atoms with Gasteiger partial charge in [0.15, 0.2) is 5.82 Å². The molecular weight excluding hydrogens is 332 g/mol. The van der Waals surface area contributed by atoms with Crippen molar-refractivity contribution in [2.45, 2.75) is 11.6 Å². The van der Waals surface area contributed by atoms with Gasteiger partial charge >= 0.3 is 5.97 Å². The Morgan fingerprint density at radius 1 is 1.47 bits per heavy atom. The van der Waals surface area contributed by atoms with Gasteiger partial charge in [-0.1, -0.05) is 27.7 Å². The lowest BCUT2D eigenvalue weighted by Crippen LogP contribution is -2.02. The monoisotopic (exact) mass is 342 g/mol. The van der Waals surface area contributed by atoms with Crippen LogP contribution in [-0.4, -0.2) is 33.9 Å². The lowest BCUT2D eigenvalue weighted by atomic mass is 10.2. The number of carbonyl (C=O) groups is 1. The van der Waals surface area contributed by atoms with Gasteiger partial charge < -0.3 is 9.84 Å². The molecule has 0 atom stereocenters. The summed E-state index contributed by atoms with van der Waals surface area (Å²) in [5.41, 5.74) is 0.768. The molecule has 1 aromatic carbocycles. The van der Waals surface area contributed by atoms with Gasteiger partial charge in [0.05, 0.1) is 11.3 Å². The van der Waals surface area contributed by atoms with Crippen molar-refractivity contribution in [1.82, 2.24) is 9.97 Å². The van der Waals surface area contributed by atoms with E-state index in [1.807, 2.05) is 18.2 Å². The molecule has 0 aliphatic heterocycles. The quantitative estimate of drug-likeness (QED) is 0.665. The van der Waals surface area contributed by atoms with E-state index in [2.05, 4.69) is 25.9 Å². The van der Waals surface area contributed by atoms with Crippen molar-refractivity contribution in [1.29, 1.82) is 0 Å². The molecule has 19 heavy (non-hydrogen) atoms. The molecule has 0 saturated heterocycles. The predicted octanol–water partition coefficient (Wildman–Crippen LogP) is 2.72. The third kappa shape index (κ3) is 3.65. The van der Waals surface area contributed by atoms with Crippen molar-refractivity contribution in [2.24, 2.45) is 0 Å². The number of methoxy groups -OCH3 is 1. The Balaban J connectivity index is 2.48. The topological polar surface area (TPSA) is 72.3 Å². The van der Waals surface area contributed by atoms with Crippen molar-refractivity contribution in [2.75, 3.05) is 12.9 Å². The smallest absolute Gasteiger partial charge is 0.313 e. The minimum absolute atomic E-state index is 0.0331. The lowest BCUT2D eigenvalue weighted by molar-refractivity contribution is -0.133. The number of hydrogen-bond acceptors (Lipinski definition) is 5. The van der Waals surface area contributed by atoms with Crippen LogP contribution in [0.5, 0.6) is 0 Å². The summed E-state index contributed by atoms with van der Waals surface area (Å²) in [7, 11) is 1.57. The summed E-state index contributed by atoms with van der Waals surface area (Å²) in [6, 6.07) is 5.63. The molecule has 0 saturated carbocycles. The zero-order valence-electron chi connectivity index (χ0n) is 10.1. The summed E-state index contributed by atoms with van der Waals surface area (Å²) in [4.78, 5) is 19.4. The molecule has 0 bridgehead atoms. The molecule has 0 aliphatic carbocycles. The number of carboxylic acids is 1. The van der Waals surface area contributed by atoms with E-state index in [1.165, 1.54) is 11.8 Å². The van der Waals surface area contributed by atoms with Crippen LogP contribution < -0.4 is 0 Å². The molecule has 0 fully saturated rings. The van der Waals surface area contributed by atoms with Crippen molar-refractivity contribution in [3.63, 3.8) is 0 Å². The molecule has 0 aliphatic rings. The van der Waals surface area contributed by atoms with Crippen LogP contribution in [0.1, 0.15) is 5.82 Å². The second kappa shape index (κ2) is 6.31. The standard InChI is InChI=1S/C12H11BrN2O3S/c1-18-5-10-14-9-4-7(13)2-3-8(9)12(15-10)19-6-11(16)17/h2-4H,5-6H2,1H3,(H,16,17). The highest BCUT2D eigenvalue weighted by molar-refractivity contribution is 9.10. The van der Waals surface area contributed by atoms with Crippen LogP contribution in [-0.2, 0) is 16.1 Å². The first-order valence-corrected chi connectivity index (χ1v) is 7.17. The fourth-order valence-electron chi connectivity index (χ4n) is 1.55. The molecule has 0 amide bonds. The van der Waals surface area contributed by atoms with Crippen LogP contribution >= 0.6 is 27.7 Å². The summed E-state index contributed by atoms with van der Waals surface area (Å²) in [6.45, 7) is 0.295. The van der Waals surface area contributed by atoms with Crippen LogP contribution in [0.3, 0.4) is 0 Å². The van der Waals surface area contributed by atoms with Gasteiger partial charge in [-0.25, -0.2) is 9.97 Å². The van der Waals surface area contributed by atoms with Gasteiger partial charge in [-0.05, 0) is 18.2 Å². The van der Waals surface area contributed by atoms with E-state index in [-0.39, 0.29) is 5.75 Å². The highest BCUT2D eigenvalue weighted by atomic mass is 79.9. The first-order valence-electron chi connectivity index (χ1n) is 5.40. The zero-order chi connectivity index (χ0) is 13.8. The average Bonchev–Trinajstić information content (AvgIpc) is 2.35. The van der Waals surface area contributed by atoms with Crippen LogP contribution in [0.25, 0.3) is 10.9 Å². The number of halogens is 1. The number of aliphatic carboxylic acids is 1. The van der Waals surface area contributed by atoms with Gasteiger partial charge in [-0.2, -0.15) is 0 Å². The average molecular weight is 343 g/mol. The van der Waals surface area contributed by atoms with E-state index in [4.69, 9.17) is 9.84 Å². The van der Waals surface area contributed by atoms with Crippen LogP contribution in [0, 0.1) is 0 Å². The number of fused-ring (bicyclic) bond motifs is 1. The molecule has 1 N–H and O–H groups in total. The number of ether oxygens (including phenoxy) is 1. The van der Waals surface area contributed by atoms with E-state index in [1.54, 1.807) is 7.11 Å².